The van der Waals surface area contributed by atoms with Gasteiger partial charge < -0.3 is 10.3 Å². The van der Waals surface area contributed by atoms with Crippen molar-refractivity contribution < 1.29 is 4.79 Å². The van der Waals surface area contributed by atoms with Crippen molar-refractivity contribution in [2.75, 3.05) is 18.4 Å². The van der Waals surface area contributed by atoms with Crippen molar-refractivity contribution in [2.45, 2.75) is 26.8 Å². The molecule has 2 N–H and O–H groups in total. The van der Waals surface area contributed by atoms with E-state index in [1.54, 1.807) is 12.1 Å². The molecule has 4 rings (SSSR count). The third-order valence-electron chi connectivity index (χ3n) is 5.47. The average Bonchev–Trinajstić information content (AvgIpc) is 2.67. The van der Waals surface area contributed by atoms with Gasteiger partial charge in [-0.05, 0) is 43.2 Å². The van der Waals surface area contributed by atoms with Gasteiger partial charge in [0, 0.05) is 36.2 Å². The summed E-state index contributed by atoms with van der Waals surface area (Å²) in [7, 11) is 0. The lowest BCUT2D eigenvalue weighted by atomic mass is 9.99. The first kappa shape index (κ1) is 18.7. The van der Waals surface area contributed by atoms with Gasteiger partial charge in [0.2, 0.25) is 5.91 Å². The van der Waals surface area contributed by atoms with Crippen molar-refractivity contribution in [1.82, 2.24) is 9.88 Å². The van der Waals surface area contributed by atoms with E-state index in [-0.39, 0.29) is 17.9 Å². The predicted molar refractivity (Wildman–Crippen MR) is 113 cm³/mol. The second-order valence-electron chi connectivity index (χ2n) is 7.33. The number of H-pyrrole nitrogens is 1. The highest BCUT2D eigenvalue weighted by Gasteiger charge is 2.23. The lowest BCUT2D eigenvalue weighted by Gasteiger charge is -2.28. The van der Waals surface area contributed by atoms with Crippen molar-refractivity contribution in [2.24, 2.45) is 0 Å². The molecule has 0 spiro atoms. The van der Waals surface area contributed by atoms with Gasteiger partial charge in [-0.15, -0.1) is 0 Å². The highest BCUT2D eigenvalue weighted by molar-refractivity contribution is 6.33. The number of rotatable bonds is 3. The zero-order valence-corrected chi connectivity index (χ0v) is 16.7. The minimum atomic E-state index is -0.139. The minimum Gasteiger partial charge on any atom is -0.358 e. The number of carbonyl (C=O) groups is 1. The van der Waals surface area contributed by atoms with E-state index in [0.717, 1.165) is 34.4 Å². The Kier molecular flexibility index (Phi) is 4.96. The third kappa shape index (κ3) is 3.43. The molecule has 1 amide bonds. The highest BCUT2D eigenvalue weighted by Crippen LogP contribution is 2.23. The first-order valence-electron chi connectivity index (χ1n) is 9.34. The summed E-state index contributed by atoms with van der Waals surface area (Å²) >= 11 is 6.10. The van der Waals surface area contributed by atoms with Crippen LogP contribution in [0.25, 0.3) is 10.9 Å². The normalized spacial score (nSPS) is 14.1. The predicted octanol–water partition coefficient (Wildman–Crippen LogP) is 3.80. The number of hydrogen-bond donors (Lipinski definition) is 2. The first-order valence-corrected chi connectivity index (χ1v) is 9.72. The fourth-order valence-corrected chi connectivity index (χ4v) is 3.92. The largest absolute Gasteiger partial charge is 0.358 e. The van der Waals surface area contributed by atoms with Crippen LogP contribution in [0.15, 0.2) is 41.2 Å². The van der Waals surface area contributed by atoms with Crippen LogP contribution in [0.1, 0.15) is 22.4 Å². The van der Waals surface area contributed by atoms with Crippen LogP contribution in [-0.2, 0) is 17.8 Å². The molecule has 1 aliphatic heterocycles. The van der Waals surface area contributed by atoms with Gasteiger partial charge in [0.25, 0.3) is 0 Å². The Morgan fingerprint density at radius 3 is 2.79 bits per heavy atom. The summed E-state index contributed by atoms with van der Waals surface area (Å²) < 4.78 is 0. The van der Waals surface area contributed by atoms with Gasteiger partial charge in [-0.1, -0.05) is 29.8 Å². The average molecular weight is 396 g/mol. The summed E-state index contributed by atoms with van der Waals surface area (Å²) in [6.07, 6.45) is 0.716. The maximum absolute atomic E-state index is 13.0. The van der Waals surface area contributed by atoms with E-state index in [1.807, 2.05) is 43.0 Å². The summed E-state index contributed by atoms with van der Waals surface area (Å²) in [5, 5.41) is 4.06. The van der Waals surface area contributed by atoms with Gasteiger partial charge in [-0.3, -0.25) is 14.5 Å². The number of aromatic nitrogens is 1. The van der Waals surface area contributed by atoms with Gasteiger partial charge >= 0.3 is 0 Å². The number of nitrogens with one attached hydrogen (secondary N) is 2. The van der Waals surface area contributed by atoms with Crippen LogP contribution in [0.2, 0.25) is 5.02 Å². The maximum atomic E-state index is 13.0. The monoisotopic (exact) mass is 395 g/mol. The van der Waals surface area contributed by atoms with Crippen molar-refractivity contribution in [3.8, 4) is 0 Å². The van der Waals surface area contributed by atoms with Crippen LogP contribution in [0.5, 0.6) is 0 Å². The van der Waals surface area contributed by atoms with E-state index < -0.39 is 0 Å². The standard InChI is InChI=1S/C22H22ClN3O2/c1-13-7-8-15-21(14(13)2)25-18-9-10-26(11-16(18)22(15)28)12-20(27)24-19-6-4-3-5-17(19)23/h3-8H,9-12H2,1-2H3,(H,24,27)(H,25,28). The number of hydrogen-bond acceptors (Lipinski definition) is 3. The number of para-hydroxylation sites is 1. The molecule has 2 aromatic carbocycles. The molecule has 0 saturated carbocycles. The smallest absolute Gasteiger partial charge is 0.238 e. The van der Waals surface area contributed by atoms with E-state index in [9.17, 15) is 9.59 Å². The molecule has 144 valence electrons. The molecule has 1 aliphatic rings. The van der Waals surface area contributed by atoms with E-state index in [1.165, 1.54) is 0 Å². The third-order valence-corrected chi connectivity index (χ3v) is 5.80. The van der Waals surface area contributed by atoms with E-state index >= 15 is 0 Å². The molecular weight excluding hydrogens is 374 g/mol. The van der Waals surface area contributed by atoms with Crippen LogP contribution in [0, 0.1) is 13.8 Å². The fourth-order valence-electron chi connectivity index (χ4n) is 3.74. The number of halogens is 1. The molecule has 2 heterocycles. The number of fused-ring (bicyclic) bond motifs is 2. The van der Waals surface area contributed by atoms with E-state index in [2.05, 4.69) is 10.3 Å². The van der Waals surface area contributed by atoms with Gasteiger partial charge in [-0.2, -0.15) is 0 Å². The van der Waals surface area contributed by atoms with Gasteiger partial charge in [-0.25, -0.2) is 0 Å². The molecule has 5 nitrogen and oxygen atoms in total. The summed E-state index contributed by atoms with van der Waals surface area (Å²) in [6, 6.07) is 11.0. The Labute approximate surface area is 168 Å². The van der Waals surface area contributed by atoms with Crippen LogP contribution < -0.4 is 10.7 Å². The quantitative estimate of drug-likeness (QED) is 0.709. The zero-order valence-electron chi connectivity index (χ0n) is 15.9. The van der Waals surface area contributed by atoms with Gasteiger partial charge in [0.15, 0.2) is 5.43 Å². The van der Waals surface area contributed by atoms with E-state index in [4.69, 9.17) is 11.6 Å². The molecule has 0 radical (unpaired) electrons. The molecule has 0 saturated heterocycles. The molecule has 0 atom stereocenters. The van der Waals surface area contributed by atoms with Gasteiger partial charge in [0.05, 0.1) is 22.8 Å². The summed E-state index contributed by atoms with van der Waals surface area (Å²) in [5.41, 5.74) is 5.59. The van der Waals surface area contributed by atoms with Crippen molar-refractivity contribution in [3.63, 3.8) is 0 Å². The highest BCUT2D eigenvalue weighted by atomic mass is 35.5. The van der Waals surface area contributed by atoms with Crippen LogP contribution >= 0.6 is 11.6 Å². The fraction of sp³-hybridized carbons (Fsp3) is 0.273. The number of pyridine rings is 1. The molecule has 0 fully saturated rings. The lowest BCUT2D eigenvalue weighted by Crippen LogP contribution is -2.39. The number of amides is 1. The summed E-state index contributed by atoms with van der Waals surface area (Å²) in [6.45, 7) is 5.48. The topological polar surface area (TPSA) is 65.2 Å². The number of nitrogens with zero attached hydrogens (tertiary/aromatic N) is 1. The van der Waals surface area contributed by atoms with Crippen LogP contribution in [0.4, 0.5) is 5.69 Å². The van der Waals surface area contributed by atoms with Crippen LogP contribution in [0.3, 0.4) is 0 Å². The molecule has 28 heavy (non-hydrogen) atoms. The Morgan fingerprint density at radius 2 is 2.00 bits per heavy atom. The Bertz CT molecular complexity index is 1140. The molecule has 1 aromatic heterocycles. The number of carbonyl (C=O) groups excluding carboxylic acids is 1. The molecule has 6 heteroatoms. The summed E-state index contributed by atoms with van der Waals surface area (Å²) in [4.78, 5) is 30.9. The lowest BCUT2D eigenvalue weighted by molar-refractivity contribution is -0.117. The van der Waals surface area contributed by atoms with Crippen molar-refractivity contribution in [3.05, 3.63) is 74.0 Å². The first-order chi connectivity index (χ1) is 13.4. The Balaban J connectivity index is 1.56. The van der Waals surface area contributed by atoms with Crippen molar-refractivity contribution in [1.29, 1.82) is 0 Å². The molecule has 0 aliphatic carbocycles. The number of anilines is 1. The Morgan fingerprint density at radius 1 is 1.21 bits per heavy atom. The molecule has 3 aromatic rings. The number of aromatic amines is 1. The second-order valence-corrected chi connectivity index (χ2v) is 7.74. The number of aryl methyl sites for hydroxylation is 2. The molecule has 0 bridgehead atoms. The second kappa shape index (κ2) is 7.41. The van der Waals surface area contributed by atoms with Crippen LogP contribution in [-0.4, -0.2) is 28.9 Å². The number of benzene rings is 2. The summed E-state index contributed by atoms with van der Waals surface area (Å²) in [5.74, 6) is -0.139. The van der Waals surface area contributed by atoms with Crippen molar-refractivity contribution >= 4 is 34.1 Å². The maximum Gasteiger partial charge on any atom is 0.238 e. The molecule has 0 unspecified atom stereocenters. The van der Waals surface area contributed by atoms with Gasteiger partial charge in [0.1, 0.15) is 0 Å². The minimum absolute atomic E-state index is 0.0584. The van der Waals surface area contributed by atoms with E-state index in [0.29, 0.717) is 29.1 Å². The Hall–Kier alpha value is -2.63. The SMILES string of the molecule is Cc1ccc2c(=O)c3c([nH]c2c1C)CCN(CC(=O)Nc1ccccc1Cl)C3. The zero-order chi connectivity index (χ0) is 19.8. The molecular formula is C22H22ClN3O2.